The second kappa shape index (κ2) is 4.05. The molecule has 0 saturated carbocycles. The summed E-state index contributed by atoms with van der Waals surface area (Å²) in [6.45, 7) is 2.20. The van der Waals surface area contributed by atoms with E-state index in [1.807, 2.05) is 24.2 Å². The minimum Gasteiger partial charge on any atom is -0.356 e. The summed E-state index contributed by atoms with van der Waals surface area (Å²) in [6.07, 6.45) is 8.17. The lowest BCUT2D eigenvalue weighted by molar-refractivity contribution is 0.877. The Morgan fingerprint density at radius 2 is 2.36 bits per heavy atom. The fourth-order valence-electron chi connectivity index (χ4n) is 1.73. The number of aryl methyl sites for hydroxylation is 1. The quantitative estimate of drug-likeness (QED) is 0.781. The first-order chi connectivity index (χ1) is 6.86. The number of nitrogens with one attached hydrogen (secondary N) is 1. The Balaban J connectivity index is 2.60. The number of pyridine rings is 1. The topological polar surface area (TPSA) is 28.7 Å². The molecule has 0 spiro atoms. The van der Waals surface area contributed by atoms with Gasteiger partial charge in [0.15, 0.2) is 0 Å². The summed E-state index contributed by atoms with van der Waals surface area (Å²) in [7, 11) is 0. The number of aromatic nitrogens is 2. The van der Waals surface area contributed by atoms with E-state index in [0.717, 1.165) is 11.9 Å². The fraction of sp³-hybridized carbons (Fsp3) is 0.364. The third-order valence-electron chi connectivity index (χ3n) is 2.33. The van der Waals surface area contributed by atoms with E-state index >= 15 is 0 Å². The normalized spacial score (nSPS) is 11.0. The first-order valence-electron chi connectivity index (χ1n) is 4.85. The Labute approximate surface area is 88.1 Å². The smallest absolute Gasteiger partial charge is 0.0654 e. The summed E-state index contributed by atoms with van der Waals surface area (Å²) in [5.74, 6) is 0. The average molecular weight is 206 g/mol. The number of H-pyrrole nitrogens is 1. The van der Waals surface area contributed by atoms with Gasteiger partial charge < -0.3 is 4.98 Å². The van der Waals surface area contributed by atoms with Gasteiger partial charge >= 0.3 is 0 Å². The molecule has 2 nitrogen and oxygen atoms in total. The summed E-state index contributed by atoms with van der Waals surface area (Å²) in [4.78, 5) is 8.93. The molecule has 0 aromatic carbocycles. The van der Waals surface area contributed by atoms with Crippen molar-refractivity contribution in [3.63, 3.8) is 0 Å². The number of hydrogen-bond donors (Lipinski definition) is 1. The van der Waals surface area contributed by atoms with Crippen molar-refractivity contribution in [3.05, 3.63) is 24.2 Å². The van der Waals surface area contributed by atoms with Crippen LogP contribution in [0.25, 0.3) is 10.9 Å². The SMILES string of the molecule is CCCc1[nH]c2cnccc2c1SC. The highest BCUT2D eigenvalue weighted by Crippen LogP contribution is 2.30. The summed E-state index contributed by atoms with van der Waals surface area (Å²) >= 11 is 1.81. The van der Waals surface area contributed by atoms with Crippen molar-refractivity contribution in [1.82, 2.24) is 9.97 Å². The Bertz CT molecular complexity index is 434. The Morgan fingerprint density at radius 1 is 1.50 bits per heavy atom. The van der Waals surface area contributed by atoms with Gasteiger partial charge in [-0.2, -0.15) is 0 Å². The monoisotopic (exact) mass is 206 g/mol. The van der Waals surface area contributed by atoms with Gasteiger partial charge in [-0.25, -0.2) is 0 Å². The highest BCUT2D eigenvalue weighted by atomic mass is 32.2. The van der Waals surface area contributed by atoms with Crippen LogP contribution in [0.1, 0.15) is 19.0 Å². The van der Waals surface area contributed by atoms with Crippen LogP contribution in [0, 0.1) is 0 Å². The average Bonchev–Trinajstić information content (AvgIpc) is 2.55. The Hall–Kier alpha value is -0.960. The second-order valence-electron chi connectivity index (χ2n) is 3.31. The molecule has 0 unspecified atom stereocenters. The molecule has 0 aliphatic rings. The van der Waals surface area contributed by atoms with Gasteiger partial charge in [-0.15, -0.1) is 11.8 Å². The van der Waals surface area contributed by atoms with Gasteiger partial charge in [0.1, 0.15) is 0 Å². The lowest BCUT2D eigenvalue weighted by Crippen LogP contribution is -1.84. The molecule has 0 aliphatic heterocycles. The van der Waals surface area contributed by atoms with Gasteiger partial charge in [0.05, 0.1) is 11.7 Å². The van der Waals surface area contributed by atoms with Crippen LogP contribution in [0.2, 0.25) is 0 Å². The van der Waals surface area contributed by atoms with Gasteiger partial charge in [0, 0.05) is 22.2 Å². The molecule has 2 rings (SSSR count). The van der Waals surface area contributed by atoms with E-state index in [4.69, 9.17) is 0 Å². The second-order valence-corrected chi connectivity index (χ2v) is 4.12. The van der Waals surface area contributed by atoms with E-state index in [1.165, 1.54) is 22.4 Å². The molecule has 0 amide bonds. The minimum atomic E-state index is 1.12. The fourth-order valence-corrected chi connectivity index (χ4v) is 2.53. The van der Waals surface area contributed by atoms with Crippen molar-refractivity contribution in [3.8, 4) is 0 Å². The van der Waals surface area contributed by atoms with Crippen molar-refractivity contribution < 1.29 is 0 Å². The van der Waals surface area contributed by atoms with Gasteiger partial charge in [0.2, 0.25) is 0 Å². The zero-order chi connectivity index (χ0) is 9.97. The summed E-state index contributed by atoms with van der Waals surface area (Å²) in [5, 5.41) is 1.30. The Morgan fingerprint density at radius 3 is 3.07 bits per heavy atom. The molecule has 0 bridgehead atoms. The van der Waals surface area contributed by atoms with E-state index in [0.29, 0.717) is 0 Å². The molecule has 74 valence electrons. The van der Waals surface area contributed by atoms with Gasteiger partial charge in [-0.3, -0.25) is 4.98 Å². The molecule has 2 aromatic rings. The number of thioether (sulfide) groups is 1. The minimum absolute atomic E-state index is 1.12. The maximum atomic E-state index is 4.12. The van der Waals surface area contributed by atoms with E-state index in [2.05, 4.69) is 29.2 Å². The first-order valence-corrected chi connectivity index (χ1v) is 6.07. The number of hydrogen-bond acceptors (Lipinski definition) is 2. The van der Waals surface area contributed by atoms with Crippen molar-refractivity contribution in [2.45, 2.75) is 24.7 Å². The van der Waals surface area contributed by atoms with E-state index < -0.39 is 0 Å². The molecule has 0 fully saturated rings. The van der Waals surface area contributed by atoms with Crippen LogP contribution < -0.4 is 0 Å². The largest absolute Gasteiger partial charge is 0.356 e. The predicted molar refractivity (Wildman–Crippen MR) is 61.9 cm³/mol. The van der Waals surface area contributed by atoms with E-state index in [9.17, 15) is 0 Å². The van der Waals surface area contributed by atoms with E-state index in [1.54, 1.807) is 0 Å². The Kier molecular flexibility index (Phi) is 2.77. The van der Waals surface area contributed by atoms with Gasteiger partial charge in [0.25, 0.3) is 0 Å². The lowest BCUT2D eigenvalue weighted by Gasteiger charge is -1.98. The zero-order valence-electron chi connectivity index (χ0n) is 8.50. The van der Waals surface area contributed by atoms with E-state index in [-0.39, 0.29) is 0 Å². The van der Waals surface area contributed by atoms with Crippen molar-refractivity contribution in [2.24, 2.45) is 0 Å². The number of nitrogens with zero attached hydrogens (tertiary/aromatic N) is 1. The maximum absolute atomic E-state index is 4.12. The third-order valence-corrected chi connectivity index (χ3v) is 3.20. The van der Waals surface area contributed by atoms with Gasteiger partial charge in [-0.05, 0) is 18.7 Å². The number of aromatic amines is 1. The van der Waals surface area contributed by atoms with Crippen molar-refractivity contribution >= 4 is 22.7 Å². The van der Waals surface area contributed by atoms with Crippen LogP contribution in [0.4, 0.5) is 0 Å². The summed E-state index contributed by atoms with van der Waals surface area (Å²) in [5.41, 5.74) is 2.50. The highest BCUT2D eigenvalue weighted by Gasteiger charge is 2.08. The lowest BCUT2D eigenvalue weighted by atomic mass is 10.2. The molecule has 0 radical (unpaired) electrons. The highest BCUT2D eigenvalue weighted by molar-refractivity contribution is 7.98. The van der Waals surface area contributed by atoms with Gasteiger partial charge in [-0.1, -0.05) is 13.3 Å². The van der Waals surface area contributed by atoms with Crippen molar-refractivity contribution in [2.75, 3.05) is 6.26 Å². The molecule has 0 atom stereocenters. The third kappa shape index (κ3) is 1.52. The van der Waals surface area contributed by atoms with Crippen LogP contribution in [-0.2, 0) is 6.42 Å². The molecule has 0 aliphatic carbocycles. The van der Waals surface area contributed by atoms with Crippen LogP contribution in [0.15, 0.2) is 23.4 Å². The molecular formula is C11H14N2S. The van der Waals surface area contributed by atoms with Crippen LogP contribution in [0.3, 0.4) is 0 Å². The van der Waals surface area contributed by atoms with Crippen LogP contribution >= 0.6 is 11.8 Å². The molecule has 0 saturated heterocycles. The maximum Gasteiger partial charge on any atom is 0.0654 e. The molecular weight excluding hydrogens is 192 g/mol. The summed E-state index contributed by atoms with van der Waals surface area (Å²) in [6, 6.07) is 2.08. The first kappa shape index (κ1) is 9.59. The van der Waals surface area contributed by atoms with Crippen molar-refractivity contribution in [1.29, 1.82) is 0 Å². The standard InChI is InChI=1S/C11H14N2S/c1-3-4-9-11(14-2)8-5-6-12-7-10(8)13-9/h5-7,13H,3-4H2,1-2H3. The molecule has 14 heavy (non-hydrogen) atoms. The van der Waals surface area contributed by atoms with Crippen LogP contribution in [0.5, 0.6) is 0 Å². The molecule has 2 heterocycles. The molecule has 1 N–H and O–H groups in total. The zero-order valence-corrected chi connectivity index (χ0v) is 9.32. The summed E-state index contributed by atoms with van der Waals surface area (Å²) < 4.78 is 0. The molecule has 2 aromatic heterocycles. The molecule has 3 heteroatoms. The predicted octanol–water partition coefficient (Wildman–Crippen LogP) is 3.24. The van der Waals surface area contributed by atoms with Crippen LogP contribution in [-0.4, -0.2) is 16.2 Å². The number of rotatable bonds is 3. The number of fused-ring (bicyclic) bond motifs is 1.